The number of fused-ring (bicyclic) bond motifs is 5. The molecule has 0 saturated carbocycles. The van der Waals surface area contributed by atoms with Gasteiger partial charge in [0.25, 0.3) is 0 Å². The van der Waals surface area contributed by atoms with Crippen molar-refractivity contribution in [3.63, 3.8) is 0 Å². The van der Waals surface area contributed by atoms with Gasteiger partial charge in [-0.1, -0.05) is 60.4 Å². The van der Waals surface area contributed by atoms with E-state index in [0.29, 0.717) is 0 Å². The molecular weight excluding hydrogens is 232 g/mol. The number of phenolic OH excluding ortho intramolecular Hbond substituents is 1. The summed E-state index contributed by atoms with van der Waals surface area (Å²) >= 11 is 0. The van der Waals surface area contributed by atoms with Crippen molar-refractivity contribution in [1.29, 1.82) is 0 Å². The highest BCUT2D eigenvalue weighted by Crippen LogP contribution is 2.35. The molecule has 0 radical (unpaired) electrons. The Bertz CT molecular complexity index is 1350. The Morgan fingerprint density at radius 1 is 0.632 bits per heavy atom. The van der Waals surface area contributed by atoms with Crippen LogP contribution < -0.4 is 0 Å². The Morgan fingerprint density at radius 2 is 1.37 bits per heavy atom. The van der Waals surface area contributed by atoms with Gasteiger partial charge in [0.15, 0.2) is 0 Å². The first-order valence-electron chi connectivity index (χ1n) is 11.0. The molecule has 0 heterocycles. The molecule has 0 atom stereocenters. The van der Waals surface area contributed by atoms with Gasteiger partial charge in [-0.3, -0.25) is 0 Å². The Balaban J connectivity index is 2.56. The zero-order valence-corrected chi connectivity index (χ0v) is 9.45. The quantitative estimate of drug-likeness (QED) is 0.445. The molecule has 1 nitrogen and oxygen atoms in total. The zero-order chi connectivity index (χ0) is 22.4. The Kier molecular flexibility index (Phi) is 0.831. The molecule has 0 bridgehead atoms. The Morgan fingerprint density at radius 3 is 2.32 bits per heavy atom. The first kappa shape index (κ1) is 4.24. The van der Waals surface area contributed by atoms with Gasteiger partial charge in [-0.05, 0) is 33.0 Å². The Labute approximate surface area is 126 Å². The van der Waals surface area contributed by atoms with Gasteiger partial charge in [-0.15, -0.1) is 0 Å². The van der Waals surface area contributed by atoms with Crippen LogP contribution in [0, 0.1) is 0 Å². The maximum Gasteiger partial charge on any atom is 0.124 e. The monoisotopic (exact) mass is 255 g/mol. The first-order valence-corrected chi connectivity index (χ1v) is 5.47. The molecule has 19 heavy (non-hydrogen) atoms. The lowest BCUT2D eigenvalue weighted by atomic mass is 9.97. The smallest absolute Gasteiger partial charge is 0.124 e. The van der Waals surface area contributed by atoms with Crippen LogP contribution in [0.5, 0.6) is 5.75 Å². The lowest BCUT2D eigenvalue weighted by Gasteiger charge is -2.08. The van der Waals surface area contributed by atoms with Crippen molar-refractivity contribution in [3.05, 3.63) is 66.5 Å². The van der Waals surface area contributed by atoms with E-state index in [1.54, 1.807) is 0 Å². The van der Waals surface area contributed by atoms with Crippen LogP contribution in [0.25, 0.3) is 32.3 Å². The molecule has 0 amide bonds. The molecular formula is C18H12O. The minimum absolute atomic E-state index is 0.246. The van der Waals surface area contributed by atoms with Crippen molar-refractivity contribution >= 4 is 32.3 Å². The van der Waals surface area contributed by atoms with E-state index in [-0.39, 0.29) is 32.3 Å². The van der Waals surface area contributed by atoms with Gasteiger partial charge in [0.05, 0.1) is 15.1 Å². The van der Waals surface area contributed by atoms with E-state index in [4.69, 9.17) is 15.1 Å². The van der Waals surface area contributed by atoms with Gasteiger partial charge in [-0.25, -0.2) is 0 Å². The van der Waals surface area contributed by atoms with Gasteiger partial charge in [0.2, 0.25) is 0 Å². The fourth-order valence-electron chi connectivity index (χ4n) is 2.08. The van der Waals surface area contributed by atoms with E-state index in [1.807, 2.05) is 0 Å². The third kappa shape index (κ3) is 1.42. The zero-order valence-electron chi connectivity index (χ0n) is 20.4. The molecule has 4 aromatic rings. The molecule has 0 unspecified atom stereocenters. The highest BCUT2D eigenvalue weighted by atomic mass is 16.3. The van der Waals surface area contributed by atoms with Crippen LogP contribution in [0.2, 0.25) is 0 Å². The summed E-state index contributed by atoms with van der Waals surface area (Å²) in [6.45, 7) is 0. The second-order valence-electron chi connectivity index (χ2n) is 3.97. The predicted octanol–water partition coefficient (Wildman–Crippen LogP) is 4.85. The lowest BCUT2D eigenvalue weighted by Crippen LogP contribution is -1.81. The van der Waals surface area contributed by atoms with Crippen molar-refractivity contribution in [1.82, 2.24) is 0 Å². The van der Waals surface area contributed by atoms with Crippen molar-refractivity contribution in [2.75, 3.05) is 0 Å². The van der Waals surface area contributed by atoms with E-state index in [0.717, 1.165) is 0 Å². The molecule has 90 valence electrons. The molecule has 0 spiro atoms. The number of phenols is 1. The predicted molar refractivity (Wildman–Crippen MR) is 80.6 cm³/mol. The average molecular weight is 255 g/mol. The summed E-state index contributed by atoms with van der Waals surface area (Å²) in [4.78, 5) is 0. The van der Waals surface area contributed by atoms with Gasteiger partial charge < -0.3 is 5.11 Å². The third-order valence-electron chi connectivity index (χ3n) is 2.92. The fraction of sp³-hybridized carbons (Fsp3) is 0. The van der Waals surface area contributed by atoms with E-state index in [9.17, 15) is 5.11 Å². The molecule has 1 N–H and O–H groups in total. The van der Waals surface area contributed by atoms with Crippen molar-refractivity contribution < 1.29 is 20.2 Å². The number of rotatable bonds is 0. The van der Waals surface area contributed by atoms with Crippen LogP contribution in [0.1, 0.15) is 15.1 Å². The molecule has 4 aromatic carbocycles. The van der Waals surface area contributed by atoms with E-state index >= 15 is 0 Å². The summed E-state index contributed by atoms with van der Waals surface area (Å²) in [6.07, 6.45) is 0. The van der Waals surface area contributed by atoms with Crippen LogP contribution in [0.15, 0.2) is 66.5 Å². The molecule has 0 aliphatic carbocycles. The molecule has 1 heteroatoms. The maximum absolute atomic E-state index is 10.6. The first-order chi connectivity index (χ1) is 13.9. The van der Waals surface area contributed by atoms with Crippen LogP contribution in [-0.2, 0) is 0 Å². The van der Waals surface area contributed by atoms with Crippen molar-refractivity contribution in [2.24, 2.45) is 0 Å². The summed E-state index contributed by atoms with van der Waals surface area (Å²) in [5, 5.41) is 8.84. The van der Waals surface area contributed by atoms with Gasteiger partial charge in [0, 0.05) is 5.39 Å². The maximum atomic E-state index is 10.6. The average Bonchev–Trinajstić information content (AvgIpc) is 2.71. The van der Waals surface area contributed by atoms with Gasteiger partial charge >= 0.3 is 0 Å². The molecule has 0 aliphatic rings. The van der Waals surface area contributed by atoms with E-state index in [2.05, 4.69) is 0 Å². The molecule has 0 fully saturated rings. The molecule has 0 saturated heterocycles. The highest BCUT2D eigenvalue weighted by Gasteiger charge is 2.06. The largest absolute Gasteiger partial charge is 0.507 e. The summed E-state index contributed by atoms with van der Waals surface area (Å²) in [5.74, 6) is -0.794. The third-order valence-corrected chi connectivity index (χ3v) is 2.92. The number of aromatic hydroxyl groups is 1. The van der Waals surface area contributed by atoms with Gasteiger partial charge in [-0.2, -0.15) is 0 Å². The van der Waals surface area contributed by atoms with Crippen LogP contribution in [0.3, 0.4) is 0 Å². The summed E-state index contributed by atoms with van der Waals surface area (Å²) in [5.41, 5.74) is 0. The van der Waals surface area contributed by atoms with E-state index in [1.165, 1.54) is 0 Å². The summed E-state index contributed by atoms with van der Waals surface area (Å²) in [7, 11) is 0. The highest BCUT2D eigenvalue weighted by molar-refractivity contribution is 6.18. The fourth-order valence-corrected chi connectivity index (χ4v) is 2.08. The minimum Gasteiger partial charge on any atom is -0.507 e. The summed E-state index contributed by atoms with van der Waals surface area (Å²) in [6, 6.07) is -6.62. The van der Waals surface area contributed by atoms with E-state index < -0.39 is 72.2 Å². The number of hydrogen-bond donors (Lipinski definition) is 1. The molecule has 4 rings (SSSR count). The summed E-state index contributed by atoms with van der Waals surface area (Å²) < 4.78 is 89.6. The number of benzene rings is 4. The normalized spacial score (nSPS) is 19.5. The van der Waals surface area contributed by atoms with Gasteiger partial charge in [0.1, 0.15) is 5.75 Å². The lowest BCUT2D eigenvalue weighted by molar-refractivity contribution is 0.482. The van der Waals surface area contributed by atoms with Crippen LogP contribution in [-0.4, -0.2) is 5.11 Å². The molecule has 0 aromatic heterocycles. The SMILES string of the molecule is [2H]c1c([2H])c([2H])c2c(c1[2H])c([2H])c([2H])c1c3c(O)c([2H])c([2H])c([2H])c3c([2H])c([2H])c21. The van der Waals surface area contributed by atoms with Crippen molar-refractivity contribution in [2.45, 2.75) is 0 Å². The minimum atomic E-state index is -0.794. The van der Waals surface area contributed by atoms with Crippen LogP contribution in [0.4, 0.5) is 0 Å². The number of hydrogen-bond acceptors (Lipinski definition) is 1. The Hall–Kier alpha value is -2.54. The van der Waals surface area contributed by atoms with Crippen LogP contribution >= 0.6 is 0 Å². The standard InChI is InChI=1S/C18H12O/c19-17-7-3-5-13-9-10-15-14-6-2-1-4-12(14)8-11-16(15)18(13)17/h1-11,19H/i1D,2D,3D,4D,5D,6D,7D,8D,9D,10D,11D. The second kappa shape index (κ2) is 3.72. The second-order valence-corrected chi connectivity index (χ2v) is 3.97. The molecule has 0 aliphatic heterocycles. The van der Waals surface area contributed by atoms with Crippen molar-refractivity contribution in [3.8, 4) is 5.75 Å². The topological polar surface area (TPSA) is 20.2 Å².